The van der Waals surface area contributed by atoms with Gasteiger partial charge in [0.15, 0.2) is 0 Å². The first-order chi connectivity index (χ1) is 15.1. The fourth-order valence-electron chi connectivity index (χ4n) is 3.31. The highest BCUT2D eigenvalue weighted by molar-refractivity contribution is 7.89. The van der Waals surface area contributed by atoms with Crippen LogP contribution in [0.3, 0.4) is 0 Å². The molecule has 176 valence electrons. The molecule has 0 aliphatic carbocycles. The van der Waals surface area contributed by atoms with Crippen LogP contribution < -0.4 is 10.0 Å². The first-order valence-corrected chi connectivity index (χ1v) is 11.8. The average molecular weight is 472 g/mol. The van der Waals surface area contributed by atoms with Gasteiger partial charge in [0.25, 0.3) is 5.91 Å². The highest BCUT2D eigenvalue weighted by Gasteiger charge is 2.28. The molecule has 0 heterocycles. The van der Waals surface area contributed by atoms with E-state index in [1.54, 1.807) is 5.32 Å². The monoisotopic (exact) mass is 471 g/mol. The van der Waals surface area contributed by atoms with E-state index >= 15 is 0 Å². The summed E-state index contributed by atoms with van der Waals surface area (Å²) in [6.07, 6.45) is -3.85. The molecule has 0 aliphatic heterocycles. The SMILES string of the molecule is CCN(CC)C(CNS(=O)(=O)c1ccc(C(=O)NCC(F)(F)F)cc1)Cc1ccccc1. The number of halogens is 3. The predicted octanol–water partition coefficient (Wildman–Crippen LogP) is 3.21. The van der Waals surface area contributed by atoms with Crippen molar-refractivity contribution in [3.05, 3.63) is 65.7 Å². The Morgan fingerprint density at radius 2 is 1.59 bits per heavy atom. The summed E-state index contributed by atoms with van der Waals surface area (Å²) < 4.78 is 64.8. The molecule has 0 aromatic heterocycles. The number of nitrogens with zero attached hydrogens (tertiary/aromatic N) is 1. The maximum atomic E-state index is 12.7. The molecule has 0 spiro atoms. The summed E-state index contributed by atoms with van der Waals surface area (Å²) in [7, 11) is -3.86. The topological polar surface area (TPSA) is 78.5 Å². The predicted molar refractivity (Wildman–Crippen MR) is 117 cm³/mol. The number of carbonyl (C=O) groups is 1. The summed E-state index contributed by atoms with van der Waals surface area (Å²) in [5.74, 6) is -0.927. The van der Waals surface area contributed by atoms with Crippen molar-refractivity contribution in [2.75, 3.05) is 26.2 Å². The molecule has 1 atom stereocenters. The van der Waals surface area contributed by atoms with Gasteiger partial charge in [-0.05, 0) is 49.3 Å². The van der Waals surface area contributed by atoms with Crippen molar-refractivity contribution >= 4 is 15.9 Å². The highest BCUT2D eigenvalue weighted by atomic mass is 32.2. The summed E-state index contributed by atoms with van der Waals surface area (Å²) in [6, 6.07) is 14.5. The van der Waals surface area contributed by atoms with E-state index in [4.69, 9.17) is 0 Å². The molecule has 0 saturated heterocycles. The second-order valence-electron chi connectivity index (χ2n) is 7.24. The largest absolute Gasteiger partial charge is 0.405 e. The first-order valence-electron chi connectivity index (χ1n) is 10.3. The van der Waals surface area contributed by atoms with Gasteiger partial charge in [-0.2, -0.15) is 13.2 Å². The zero-order valence-electron chi connectivity index (χ0n) is 18.0. The van der Waals surface area contributed by atoms with Gasteiger partial charge in [0.1, 0.15) is 6.54 Å². The number of likely N-dealkylation sites (N-methyl/N-ethyl adjacent to an activating group) is 1. The Labute approximate surface area is 186 Å². The van der Waals surface area contributed by atoms with Crippen LogP contribution in [-0.4, -0.2) is 57.6 Å². The maximum Gasteiger partial charge on any atom is 0.405 e. The van der Waals surface area contributed by atoms with Crippen LogP contribution in [0.2, 0.25) is 0 Å². The van der Waals surface area contributed by atoms with E-state index in [1.807, 2.05) is 44.2 Å². The van der Waals surface area contributed by atoms with Crippen molar-refractivity contribution < 1.29 is 26.4 Å². The lowest BCUT2D eigenvalue weighted by Gasteiger charge is -2.30. The molecule has 1 amide bonds. The minimum Gasteiger partial charge on any atom is -0.343 e. The van der Waals surface area contributed by atoms with Crippen molar-refractivity contribution in [3.8, 4) is 0 Å². The molecule has 0 bridgehead atoms. The molecule has 10 heteroatoms. The zero-order valence-corrected chi connectivity index (χ0v) is 18.8. The van der Waals surface area contributed by atoms with Gasteiger partial charge >= 0.3 is 6.18 Å². The molecule has 2 rings (SSSR count). The van der Waals surface area contributed by atoms with E-state index in [9.17, 15) is 26.4 Å². The van der Waals surface area contributed by atoms with Crippen LogP contribution in [-0.2, 0) is 16.4 Å². The van der Waals surface area contributed by atoms with Crippen LogP contribution in [0.5, 0.6) is 0 Å². The number of hydrogen-bond acceptors (Lipinski definition) is 4. The molecule has 0 fully saturated rings. The third kappa shape index (κ3) is 7.92. The fraction of sp³-hybridized carbons (Fsp3) is 0.409. The fourth-order valence-corrected chi connectivity index (χ4v) is 4.39. The van der Waals surface area contributed by atoms with Crippen molar-refractivity contribution in [1.82, 2.24) is 14.9 Å². The molecular weight excluding hydrogens is 443 g/mol. The number of rotatable bonds is 11. The summed E-state index contributed by atoms with van der Waals surface area (Å²) in [5.41, 5.74) is 1.04. The Kier molecular flexibility index (Phi) is 9.23. The Morgan fingerprint density at radius 3 is 2.12 bits per heavy atom. The number of sulfonamides is 1. The standard InChI is InChI=1S/C22H28F3N3O3S/c1-3-28(4-2)19(14-17-8-6-5-7-9-17)15-27-32(30,31)20-12-10-18(11-13-20)21(29)26-16-22(23,24)25/h5-13,19,27H,3-4,14-16H2,1-2H3,(H,26,29). The minimum absolute atomic E-state index is 0.0571. The molecule has 1 unspecified atom stereocenters. The number of amides is 1. The number of nitrogens with one attached hydrogen (secondary N) is 2. The van der Waals surface area contributed by atoms with Gasteiger partial charge in [-0.25, -0.2) is 13.1 Å². The first kappa shape index (κ1) is 25.8. The van der Waals surface area contributed by atoms with Gasteiger partial charge in [0, 0.05) is 18.2 Å². The summed E-state index contributed by atoms with van der Waals surface area (Å²) in [5, 5.41) is 1.75. The lowest BCUT2D eigenvalue weighted by Crippen LogP contribution is -2.45. The third-order valence-electron chi connectivity index (χ3n) is 5.03. The Bertz CT molecular complexity index is 961. The Hall–Kier alpha value is -2.43. The van der Waals surface area contributed by atoms with Crippen LogP contribution in [0.4, 0.5) is 13.2 Å². The van der Waals surface area contributed by atoms with Crippen LogP contribution in [0.25, 0.3) is 0 Å². The quantitative estimate of drug-likeness (QED) is 0.528. The molecule has 2 N–H and O–H groups in total. The zero-order chi connectivity index (χ0) is 23.8. The smallest absolute Gasteiger partial charge is 0.343 e. The molecule has 2 aromatic carbocycles. The van der Waals surface area contributed by atoms with E-state index in [2.05, 4.69) is 9.62 Å². The van der Waals surface area contributed by atoms with E-state index in [1.165, 1.54) is 24.3 Å². The van der Waals surface area contributed by atoms with Crippen molar-refractivity contribution in [2.24, 2.45) is 0 Å². The molecule has 2 aromatic rings. The molecule has 6 nitrogen and oxygen atoms in total. The highest BCUT2D eigenvalue weighted by Crippen LogP contribution is 2.15. The molecule has 32 heavy (non-hydrogen) atoms. The maximum absolute atomic E-state index is 12.7. The van der Waals surface area contributed by atoms with Crippen LogP contribution in [0.15, 0.2) is 59.5 Å². The van der Waals surface area contributed by atoms with Gasteiger partial charge in [-0.3, -0.25) is 9.69 Å². The summed E-state index contributed by atoms with van der Waals surface area (Å²) in [6.45, 7) is 4.28. The van der Waals surface area contributed by atoms with Crippen molar-refractivity contribution in [1.29, 1.82) is 0 Å². The second kappa shape index (κ2) is 11.4. The molecule has 0 radical (unpaired) electrons. The van der Waals surface area contributed by atoms with Crippen LogP contribution >= 0.6 is 0 Å². The van der Waals surface area contributed by atoms with Gasteiger partial charge in [0.2, 0.25) is 10.0 Å². The summed E-state index contributed by atoms with van der Waals surface area (Å²) >= 11 is 0. The average Bonchev–Trinajstić information content (AvgIpc) is 2.77. The lowest BCUT2D eigenvalue weighted by molar-refractivity contribution is -0.123. The van der Waals surface area contributed by atoms with Gasteiger partial charge in [-0.1, -0.05) is 44.2 Å². The second-order valence-corrected chi connectivity index (χ2v) is 9.01. The molecule has 0 aliphatic rings. The van der Waals surface area contributed by atoms with Gasteiger partial charge in [-0.15, -0.1) is 0 Å². The number of alkyl halides is 3. The van der Waals surface area contributed by atoms with E-state index in [0.29, 0.717) is 6.42 Å². The van der Waals surface area contributed by atoms with Gasteiger partial charge in [0.05, 0.1) is 4.90 Å². The molecule has 0 saturated carbocycles. The third-order valence-corrected chi connectivity index (χ3v) is 6.47. The van der Waals surface area contributed by atoms with Crippen LogP contribution in [0.1, 0.15) is 29.8 Å². The van der Waals surface area contributed by atoms with E-state index < -0.39 is 28.7 Å². The normalized spacial score (nSPS) is 13.2. The van der Waals surface area contributed by atoms with Crippen LogP contribution in [0, 0.1) is 0 Å². The Morgan fingerprint density at radius 1 is 1.00 bits per heavy atom. The molecular formula is C22H28F3N3O3S. The lowest BCUT2D eigenvalue weighted by atomic mass is 10.0. The minimum atomic E-state index is -4.52. The number of benzene rings is 2. The Balaban J connectivity index is 2.07. The van der Waals surface area contributed by atoms with Gasteiger partial charge < -0.3 is 5.32 Å². The number of carbonyl (C=O) groups excluding carboxylic acids is 1. The van der Waals surface area contributed by atoms with Crippen molar-refractivity contribution in [2.45, 2.75) is 37.4 Å². The van der Waals surface area contributed by atoms with E-state index in [-0.39, 0.29) is 23.0 Å². The van der Waals surface area contributed by atoms with Crippen molar-refractivity contribution in [3.63, 3.8) is 0 Å². The summed E-state index contributed by atoms with van der Waals surface area (Å²) in [4.78, 5) is 13.9. The number of hydrogen-bond donors (Lipinski definition) is 2. The van der Waals surface area contributed by atoms with E-state index in [0.717, 1.165) is 18.7 Å².